The molecule has 0 aromatic heterocycles. The highest BCUT2D eigenvalue weighted by Gasteiger charge is 2.13. The van der Waals surface area contributed by atoms with Crippen molar-refractivity contribution in [3.05, 3.63) is 35.6 Å². The molecule has 0 heterocycles. The van der Waals surface area contributed by atoms with E-state index in [1.165, 1.54) is 18.2 Å². The van der Waals surface area contributed by atoms with Crippen molar-refractivity contribution in [2.24, 2.45) is 0 Å². The molecule has 8 heteroatoms. The number of ether oxygens (including phenoxy) is 1. The Morgan fingerprint density at radius 1 is 1.23 bits per heavy atom. The quantitative estimate of drug-likeness (QED) is 0.550. The standard InChI is InChI=1S/C14H14FN3O4/c15-11-5-2-1-4-10(11)14(21)18-8-13(20)22-9-12(19)17-7-3-6-16/h1-2,4-5H,3,7-9H2,(H,17,19)(H,18,21). The molecule has 0 radical (unpaired) electrons. The van der Waals surface area contributed by atoms with E-state index < -0.39 is 36.8 Å². The molecule has 0 aliphatic carbocycles. The maximum atomic E-state index is 13.3. The van der Waals surface area contributed by atoms with Gasteiger partial charge in [0.25, 0.3) is 11.8 Å². The van der Waals surface area contributed by atoms with Gasteiger partial charge >= 0.3 is 5.97 Å². The molecule has 22 heavy (non-hydrogen) atoms. The second kappa shape index (κ2) is 9.07. The molecule has 0 bridgehead atoms. The van der Waals surface area contributed by atoms with Crippen LogP contribution in [0.4, 0.5) is 4.39 Å². The summed E-state index contributed by atoms with van der Waals surface area (Å²) in [6.07, 6.45) is 0.151. The summed E-state index contributed by atoms with van der Waals surface area (Å²) in [5, 5.41) is 12.8. The van der Waals surface area contributed by atoms with Crippen LogP contribution in [-0.2, 0) is 14.3 Å². The fraction of sp³-hybridized carbons (Fsp3) is 0.286. The van der Waals surface area contributed by atoms with E-state index in [-0.39, 0.29) is 18.5 Å². The lowest BCUT2D eigenvalue weighted by molar-refractivity contribution is -0.147. The summed E-state index contributed by atoms with van der Waals surface area (Å²) in [5.41, 5.74) is -0.190. The number of esters is 1. The fourth-order valence-corrected chi connectivity index (χ4v) is 1.40. The van der Waals surface area contributed by atoms with Crippen molar-refractivity contribution in [2.45, 2.75) is 6.42 Å². The number of amides is 2. The maximum absolute atomic E-state index is 13.3. The molecule has 1 aromatic carbocycles. The van der Waals surface area contributed by atoms with Gasteiger partial charge in [0.15, 0.2) is 6.61 Å². The van der Waals surface area contributed by atoms with Crippen LogP contribution in [0.25, 0.3) is 0 Å². The van der Waals surface area contributed by atoms with Crippen LogP contribution in [-0.4, -0.2) is 37.5 Å². The number of nitrogens with one attached hydrogen (secondary N) is 2. The number of benzene rings is 1. The molecular formula is C14H14FN3O4. The molecule has 0 unspecified atom stereocenters. The molecule has 0 aliphatic heterocycles. The second-order valence-corrected chi connectivity index (χ2v) is 4.08. The minimum atomic E-state index is -0.833. The first-order valence-corrected chi connectivity index (χ1v) is 6.36. The van der Waals surface area contributed by atoms with Gasteiger partial charge in [-0.05, 0) is 12.1 Å². The molecule has 2 N–H and O–H groups in total. The Morgan fingerprint density at radius 2 is 1.95 bits per heavy atom. The van der Waals surface area contributed by atoms with Crippen molar-refractivity contribution in [3.8, 4) is 6.07 Å². The molecule has 0 aliphatic rings. The van der Waals surface area contributed by atoms with E-state index in [0.717, 1.165) is 6.07 Å². The molecule has 0 atom stereocenters. The van der Waals surface area contributed by atoms with Crippen LogP contribution in [0.2, 0.25) is 0 Å². The summed E-state index contributed by atoms with van der Waals surface area (Å²) in [4.78, 5) is 34.1. The average molecular weight is 307 g/mol. The number of hydrogen-bond donors (Lipinski definition) is 2. The van der Waals surface area contributed by atoms with Crippen LogP contribution in [0.1, 0.15) is 16.8 Å². The lowest BCUT2D eigenvalue weighted by Crippen LogP contribution is -2.34. The van der Waals surface area contributed by atoms with Gasteiger partial charge in [0, 0.05) is 6.54 Å². The molecule has 1 rings (SSSR count). The number of nitrogens with zero attached hydrogens (tertiary/aromatic N) is 1. The van der Waals surface area contributed by atoms with E-state index in [1.807, 2.05) is 6.07 Å². The molecule has 116 valence electrons. The van der Waals surface area contributed by atoms with Crippen LogP contribution in [0, 0.1) is 17.1 Å². The van der Waals surface area contributed by atoms with E-state index in [1.54, 1.807) is 0 Å². The summed E-state index contributed by atoms with van der Waals surface area (Å²) in [7, 11) is 0. The normalized spacial score (nSPS) is 9.45. The Morgan fingerprint density at radius 3 is 2.64 bits per heavy atom. The monoisotopic (exact) mass is 307 g/mol. The Hall–Kier alpha value is -2.95. The van der Waals surface area contributed by atoms with Gasteiger partial charge in [0.05, 0.1) is 18.1 Å². The number of halogens is 1. The smallest absolute Gasteiger partial charge is 0.325 e. The molecular weight excluding hydrogens is 293 g/mol. The van der Waals surface area contributed by atoms with Crippen LogP contribution < -0.4 is 10.6 Å². The van der Waals surface area contributed by atoms with Crippen molar-refractivity contribution in [2.75, 3.05) is 19.7 Å². The van der Waals surface area contributed by atoms with Crippen molar-refractivity contribution < 1.29 is 23.5 Å². The molecule has 0 saturated carbocycles. The summed E-state index contributed by atoms with van der Waals surface area (Å²) in [6, 6.07) is 7.16. The summed E-state index contributed by atoms with van der Waals surface area (Å²) >= 11 is 0. The number of nitriles is 1. The van der Waals surface area contributed by atoms with Crippen LogP contribution in [0.5, 0.6) is 0 Å². The predicted molar refractivity (Wildman–Crippen MR) is 72.9 cm³/mol. The van der Waals surface area contributed by atoms with E-state index >= 15 is 0 Å². The third kappa shape index (κ3) is 6.00. The fourth-order valence-electron chi connectivity index (χ4n) is 1.40. The summed E-state index contributed by atoms with van der Waals surface area (Å²) in [5.74, 6) is -2.84. The zero-order chi connectivity index (χ0) is 16.4. The Kier molecular flexibility index (Phi) is 7.05. The lowest BCUT2D eigenvalue weighted by Gasteiger charge is -2.07. The van der Waals surface area contributed by atoms with E-state index in [4.69, 9.17) is 5.26 Å². The van der Waals surface area contributed by atoms with Crippen LogP contribution in [0.3, 0.4) is 0 Å². The van der Waals surface area contributed by atoms with Gasteiger partial charge in [0.2, 0.25) is 0 Å². The molecule has 1 aromatic rings. The topological polar surface area (TPSA) is 108 Å². The SMILES string of the molecule is N#CCCNC(=O)COC(=O)CNC(=O)c1ccccc1F. The largest absolute Gasteiger partial charge is 0.454 e. The minimum Gasteiger partial charge on any atom is -0.454 e. The maximum Gasteiger partial charge on any atom is 0.325 e. The van der Waals surface area contributed by atoms with Crippen LogP contribution >= 0.6 is 0 Å². The lowest BCUT2D eigenvalue weighted by atomic mass is 10.2. The number of rotatable bonds is 7. The highest BCUT2D eigenvalue weighted by atomic mass is 19.1. The highest BCUT2D eigenvalue weighted by molar-refractivity contribution is 5.96. The van der Waals surface area contributed by atoms with Gasteiger partial charge < -0.3 is 15.4 Å². The van der Waals surface area contributed by atoms with Crippen molar-refractivity contribution in [1.29, 1.82) is 5.26 Å². The third-order valence-corrected chi connectivity index (χ3v) is 2.43. The Bertz CT molecular complexity index is 598. The van der Waals surface area contributed by atoms with E-state index in [2.05, 4.69) is 15.4 Å². The van der Waals surface area contributed by atoms with Crippen LogP contribution in [0.15, 0.2) is 24.3 Å². The molecule has 0 saturated heterocycles. The number of carbonyl (C=O) groups is 3. The predicted octanol–water partition coefficient (Wildman–Crippen LogP) is 0.129. The van der Waals surface area contributed by atoms with Gasteiger partial charge in [-0.1, -0.05) is 12.1 Å². The summed E-state index contributed by atoms with van der Waals surface area (Å²) < 4.78 is 17.9. The van der Waals surface area contributed by atoms with Crippen molar-refractivity contribution >= 4 is 17.8 Å². The van der Waals surface area contributed by atoms with E-state index in [0.29, 0.717) is 0 Å². The summed E-state index contributed by atoms with van der Waals surface area (Å²) in [6.45, 7) is -0.838. The average Bonchev–Trinajstić information content (AvgIpc) is 2.51. The van der Waals surface area contributed by atoms with Gasteiger partial charge in [-0.3, -0.25) is 14.4 Å². The first-order valence-electron chi connectivity index (χ1n) is 6.36. The Balaban J connectivity index is 2.29. The number of hydrogen-bond acceptors (Lipinski definition) is 5. The third-order valence-electron chi connectivity index (χ3n) is 2.43. The first-order chi connectivity index (χ1) is 10.5. The van der Waals surface area contributed by atoms with Gasteiger partial charge in [-0.15, -0.1) is 0 Å². The molecule has 0 fully saturated rings. The zero-order valence-corrected chi connectivity index (χ0v) is 11.6. The zero-order valence-electron chi connectivity index (χ0n) is 11.6. The molecule has 7 nitrogen and oxygen atoms in total. The van der Waals surface area contributed by atoms with Gasteiger partial charge in [0.1, 0.15) is 12.4 Å². The van der Waals surface area contributed by atoms with E-state index in [9.17, 15) is 18.8 Å². The minimum absolute atomic E-state index is 0.151. The van der Waals surface area contributed by atoms with Crippen molar-refractivity contribution in [3.63, 3.8) is 0 Å². The highest BCUT2D eigenvalue weighted by Crippen LogP contribution is 2.05. The second-order valence-electron chi connectivity index (χ2n) is 4.08. The Labute approximate surface area is 126 Å². The first kappa shape index (κ1) is 17.1. The van der Waals surface area contributed by atoms with Gasteiger partial charge in [-0.25, -0.2) is 4.39 Å². The molecule has 0 spiro atoms. The molecule has 2 amide bonds. The number of carbonyl (C=O) groups excluding carboxylic acids is 3. The van der Waals surface area contributed by atoms with Crippen molar-refractivity contribution in [1.82, 2.24) is 10.6 Å². The van der Waals surface area contributed by atoms with Gasteiger partial charge in [-0.2, -0.15) is 5.26 Å².